The van der Waals surface area contributed by atoms with Crippen molar-refractivity contribution >= 4 is 47.2 Å². The minimum atomic E-state index is -0.750. The van der Waals surface area contributed by atoms with E-state index in [0.29, 0.717) is 46.4 Å². The summed E-state index contributed by atoms with van der Waals surface area (Å²) in [6.45, 7) is 10.3. The lowest BCUT2D eigenvalue weighted by molar-refractivity contribution is 0.433. The number of hydrogen-bond acceptors (Lipinski definition) is 16. The molecule has 0 fully saturated rings. The molecule has 0 spiro atoms. The number of halogens is 1. The van der Waals surface area contributed by atoms with Crippen molar-refractivity contribution in [3.63, 3.8) is 0 Å². The Morgan fingerprint density at radius 3 is 1.10 bits per heavy atom. The molecule has 0 unspecified atom stereocenters. The van der Waals surface area contributed by atoms with Crippen LogP contribution in [0.25, 0.3) is 67.9 Å². The average Bonchev–Trinajstić information content (AvgIpc) is 4.03. The summed E-state index contributed by atoms with van der Waals surface area (Å²) >= 11 is -1.50. The lowest BCUT2D eigenvalue weighted by Crippen LogP contribution is -2.04. The molecular weight excluding hydrogens is 912 g/mol. The van der Waals surface area contributed by atoms with Crippen LogP contribution in [0.1, 0.15) is 61.8 Å². The maximum atomic E-state index is 8.29. The average molecular weight is 964 g/mol. The standard InChI is InChI=1S/2C24H25N5O.ClH.2O2S/c2*1-15(2)17-8-10-19(11-9-17)21-14-27-24(25)23(28-21)22-12-20(29-30-22)18-6-4-16(5-7-18)13-26-3;;2*1-3-2/h2*4-12,14-15,26H,13H2,1-3H3,(H2,25,27);1H;;. The van der Waals surface area contributed by atoms with E-state index in [1.165, 1.54) is 22.3 Å². The molecule has 348 valence electrons. The predicted molar refractivity (Wildman–Crippen MR) is 264 cm³/mol. The molecular formula is C48H51ClN10O6S2. The van der Waals surface area contributed by atoms with Crippen molar-refractivity contribution in [2.24, 2.45) is 0 Å². The monoisotopic (exact) mass is 962 g/mol. The van der Waals surface area contributed by atoms with Crippen molar-refractivity contribution in [1.82, 2.24) is 40.9 Å². The summed E-state index contributed by atoms with van der Waals surface area (Å²) in [6, 6.07) is 36.7. The Hall–Kier alpha value is -7.09. The van der Waals surface area contributed by atoms with Gasteiger partial charge in [-0.25, -0.2) is 19.9 Å². The summed E-state index contributed by atoms with van der Waals surface area (Å²) < 4.78 is 44.3. The van der Waals surface area contributed by atoms with Crippen LogP contribution in [0.5, 0.6) is 0 Å². The van der Waals surface area contributed by atoms with Crippen LogP contribution in [0, 0.1) is 0 Å². The van der Waals surface area contributed by atoms with Crippen LogP contribution >= 0.6 is 12.4 Å². The molecule has 0 aliphatic heterocycles. The van der Waals surface area contributed by atoms with Gasteiger partial charge in [0.2, 0.25) is 0 Å². The topological polar surface area (TPSA) is 248 Å². The van der Waals surface area contributed by atoms with Gasteiger partial charge < -0.3 is 31.1 Å². The van der Waals surface area contributed by atoms with Gasteiger partial charge in [0.05, 0.1) is 23.8 Å². The summed E-state index contributed by atoms with van der Waals surface area (Å²) in [5, 5.41) is 14.7. The Bertz CT molecular complexity index is 2670. The molecule has 8 aromatic rings. The number of rotatable bonds is 12. The van der Waals surface area contributed by atoms with Crippen molar-refractivity contribution in [2.75, 3.05) is 25.6 Å². The Morgan fingerprint density at radius 1 is 0.507 bits per heavy atom. The number of aromatic nitrogens is 6. The number of nitrogens with zero attached hydrogens (tertiary/aromatic N) is 6. The number of hydrogen-bond donors (Lipinski definition) is 4. The summed E-state index contributed by atoms with van der Waals surface area (Å²) in [5.41, 5.74) is 25.0. The smallest absolute Gasteiger partial charge is 0.335 e. The normalized spacial score (nSPS) is 10.4. The van der Waals surface area contributed by atoms with E-state index in [-0.39, 0.29) is 12.4 Å². The second-order valence-corrected chi connectivity index (χ2v) is 15.5. The van der Waals surface area contributed by atoms with Crippen molar-refractivity contribution in [2.45, 2.75) is 52.6 Å². The fourth-order valence-corrected chi connectivity index (χ4v) is 6.56. The van der Waals surface area contributed by atoms with E-state index < -0.39 is 23.1 Å². The molecule has 0 aliphatic carbocycles. The number of nitrogen functional groups attached to an aromatic ring is 2. The van der Waals surface area contributed by atoms with Crippen LogP contribution in [0.15, 0.2) is 131 Å². The SMILES string of the molecule is CNCc1ccc(-c2cc(-c3nc(-c4ccc(C(C)C)cc4)cnc3N)on2)cc1.CNCc1ccc(-c2cc(-c3nc(-c4ccc(C(C)C)cc4)cnc3N)on2)cc1.Cl.O=S=O.O=S=O. The van der Waals surface area contributed by atoms with Crippen molar-refractivity contribution in [3.8, 4) is 67.9 Å². The van der Waals surface area contributed by atoms with Gasteiger partial charge in [0.1, 0.15) is 11.4 Å². The quantitative estimate of drug-likeness (QED) is 0.0892. The van der Waals surface area contributed by atoms with Gasteiger partial charge in [-0.2, -0.15) is 16.8 Å². The van der Waals surface area contributed by atoms with Gasteiger partial charge in [-0.05, 0) is 48.2 Å². The van der Waals surface area contributed by atoms with Gasteiger partial charge in [-0.3, -0.25) is 0 Å². The molecule has 0 amide bonds. The molecule has 0 radical (unpaired) electrons. The lowest BCUT2D eigenvalue weighted by atomic mass is 10.0. The summed E-state index contributed by atoms with van der Waals surface area (Å²) in [4.78, 5) is 18.1. The third kappa shape index (κ3) is 14.4. The zero-order chi connectivity index (χ0) is 47.6. The maximum absolute atomic E-state index is 8.29. The van der Waals surface area contributed by atoms with Crippen LogP contribution in [0.3, 0.4) is 0 Å². The van der Waals surface area contributed by atoms with E-state index in [1.54, 1.807) is 12.4 Å². The second-order valence-electron chi connectivity index (χ2n) is 15.3. The van der Waals surface area contributed by atoms with Gasteiger partial charge >= 0.3 is 23.1 Å². The van der Waals surface area contributed by atoms with Crippen molar-refractivity contribution in [3.05, 3.63) is 144 Å². The fourth-order valence-electron chi connectivity index (χ4n) is 6.56. The van der Waals surface area contributed by atoms with Gasteiger partial charge in [0.15, 0.2) is 34.5 Å². The zero-order valence-electron chi connectivity index (χ0n) is 37.6. The number of nitrogens with one attached hydrogen (secondary N) is 2. The molecule has 0 saturated heterocycles. The molecule has 8 rings (SSSR count). The molecule has 0 bridgehead atoms. The first kappa shape index (κ1) is 52.5. The number of nitrogens with two attached hydrogens (primary N) is 2. The molecule has 16 nitrogen and oxygen atoms in total. The minimum absolute atomic E-state index is 0. The van der Waals surface area contributed by atoms with Gasteiger partial charge in [0.25, 0.3) is 0 Å². The molecule has 0 atom stereocenters. The third-order valence-electron chi connectivity index (χ3n) is 10.1. The zero-order valence-corrected chi connectivity index (χ0v) is 40.1. The highest BCUT2D eigenvalue weighted by molar-refractivity contribution is 7.51. The lowest BCUT2D eigenvalue weighted by Gasteiger charge is -2.08. The minimum Gasteiger partial charge on any atom is -0.382 e. The first-order valence-corrected chi connectivity index (χ1v) is 22.0. The van der Waals surface area contributed by atoms with Gasteiger partial charge in [0, 0.05) is 47.5 Å². The van der Waals surface area contributed by atoms with Gasteiger partial charge in [-0.15, -0.1) is 12.4 Å². The molecule has 0 aliphatic rings. The van der Waals surface area contributed by atoms with E-state index in [0.717, 1.165) is 58.1 Å². The highest BCUT2D eigenvalue weighted by Crippen LogP contribution is 2.32. The second kappa shape index (κ2) is 26.2. The van der Waals surface area contributed by atoms with Crippen LogP contribution in [0.4, 0.5) is 11.6 Å². The summed E-state index contributed by atoms with van der Waals surface area (Å²) in [5.74, 6) is 2.57. The molecule has 4 aromatic carbocycles. The Morgan fingerprint density at radius 2 is 0.806 bits per heavy atom. The molecule has 6 N–H and O–H groups in total. The fraction of sp³-hybridized carbons (Fsp3) is 0.208. The van der Waals surface area contributed by atoms with Crippen LogP contribution in [-0.2, 0) is 36.2 Å². The maximum Gasteiger partial charge on any atom is 0.335 e. The molecule has 4 aromatic heterocycles. The first-order valence-electron chi connectivity index (χ1n) is 20.6. The molecule has 67 heavy (non-hydrogen) atoms. The Kier molecular flexibility index (Phi) is 20.5. The van der Waals surface area contributed by atoms with Crippen molar-refractivity contribution in [1.29, 1.82) is 0 Å². The third-order valence-corrected chi connectivity index (χ3v) is 10.1. The highest BCUT2D eigenvalue weighted by atomic mass is 35.5. The summed E-state index contributed by atoms with van der Waals surface area (Å²) in [7, 11) is 3.85. The van der Waals surface area contributed by atoms with Crippen molar-refractivity contribution < 1.29 is 25.9 Å². The van der Waals surface area contributed by atoms with E-state index in [9.17, 15) is 0 Å². The van der Waals surface area contributed by atoms with E-state index in [1.807, 2.05) is 50.5 Å². The number of anilines is 2. The van der Waals surface area contributed by atoms with E-state index in [4.69, 9.17) is 47.3 Å². The van der Waals surface area contributed by atoms with Crippen LogP contribution < -0.4 is 22.1 Å². The first-order chi connectivity index (χ1) is 31.9. The predicted octanol–water partition coefficient (Wildman–Crippen LogP) is 8.86. The van der Waals surface area contributed by atoms with E-state index >= 15 is 0 Å². The van der Waals surface area contributed by atoms with Gasteiger partial charge in [-0.1, -0.05) is 135 Å². The Labute approximate surface area is 402 Å². The molecule has 4 heterocycles. The van der Waals surface area contributed by atoms with E-state index in [2.05, 4.69) is 131 Å². The van der Waals surface area contributed by atoms with Crippen LogP contribution in [-0.4, -0.2) is 61.2 Å². The molecule has 0 saturated carbocycles. The largest absolute Gasteiger partial charge is 0.382 e. The van der Waals surface area contributed by atoms with Crippen LogP contribution in [0.2, 0.25) is 0 Å². The summed E-state index contributed by atoms with van der Waals surface area (Å²) in [6.07, 6.45) is 3.36. The number of benzene rings is 4. The highest BCUT2D eigenvalue weighted by Gasteiger charge is 2.17. The Balaban J connectivity index is 0.000000258. The molecule has 19 heteroatoms.